The molecule has 2 aliphatic rings. The quantitative estimate of drug-likeness (QED) is 0.792. The Bertz CT molecular complexity index is 313. The molecule has 1 saturated carbocycles. The van der Waals surface area contributed by atoms with Gasteiger partial charge in [0.15, 0.2) is 0 Å². The van der Waals surface area contributed by atoms with Gasteiger partial charge in [-0.2, -0.15) is 0 Å². The van der Waals surface area contributed by atoms with Crippen LogP contribution in [-0.4, -0.2) is 40.3 Å². The second kappa shape index (κ2) is 3.96. The Morgan fingerprint density at radius 1 is 1.62 bits per heavy atom. The van der Waals surface area contributed by atoms with E-state index in [2.05, 4.69) is 0 Å². The summed E-state index contributed by atoms with van der Waals surface area (Å²) in [6.45, 7) is 2.23. The van der Waals surface area contributed by atoms with Crippen molar-refractivity contribution >= 4 is 12.1 Å². The number of aliphatic carboxylic acids is 1. The molecule has 1 atom stereocenters. The molecule has 0 bridgehead atoms. The number of cyclic esters (lactones) is 1. The van der Waals surface area contributed by atoms with Crippen LogP contribution in [0.15, 0.2) is 0 Å². The zero-order valence-electron chi connectivity index (χ0n) is 9.44. The van der Waals surface area contributed by atoms with Crippen molar-refractivity contribution in [2.24, 2.45) is 0 Å². The van der Waals surface area contributed by atoms with E-state index in [9.17, 15) is 9.59 Å². The third-order valence-electron chi connectivity index (χ3n) is 3.60. The summed E-state index contributed by atoms with van der Waals surface area (Å²) in [5.41, 5.74) is -0.430. The van der Waals surface area contributed by atoms with Crippen LogP contribution in [0.5, 0.6) is 0 Å². The van der Waals surface area contributed by atoms with Crippen molar-refractivity contribution in [3.05, 3.63) is 0 Å². The fourth-order valence-corrected chi connectivity index (χ4v) is 2.38. The van der Waals surface area contributed by atoms with Gasteiger partial charge in [0.2, 0.25) is 0 Å². The van der Waals surface area contributed by atoms with E-state index >= 15 is 0 Å². The lowest BCUT2D eigenvalue weighted by atomic mass is 9.86. The molecular formula is C11H17NO4. The van der Waals surface area contributed by atoms with Crippen LogP contribution < -0.4 is 0 Å². The average Bonchev–Trinajstić information content (AvgIpc) is 2.42. The maximum atomic E-state index is 11.6. The van der Waals surface area contributed by atoms with Gasteiger partial charge in [0.05, 0.1) is 5.54 Å². The largest absolute Gasteiger partial charge is 0.481 e. The van der Waals surface area contributed by atoms with Crippen LogP contribution in [0.25, 0.3) is 0 Å². The molecule has 1 N–H and O–H groups in total. The zero-order valence-corrected chi connectivity index (χ0v) is 9.44. The van der Waals surface area contributed by atoms with Crippen LogP contribution in [0.3, 0.4) is 0 Å². The number of carboxylic acids is 1. The molecule has 0 radical (unpaired) electrons. The molecule has 5 nitrogen and oxygen atoms in total. The first-order chi connectivity index (χ1) is 7.53. The lowest BCUT2D eigenvalue weighted by Crippen LogP contribution is -2.53. The first-order valence-electron chi connectivity index (χ1n) is 5.71. The number of hydrogen-bond donors (Lipinski definition) is 1. The molecule has 90 valence electrons. The van der Waals surface area contributed by atoms with Crippen LogP contribution in [0.4, 0.5) is 4.79 Å². The van der Waals surface area contributed by atoms with Crippen molar-refractivity contribution in [3.63, 3.8) is 0 Å². The van der Waals surface area contributed by atoms with E-state index in [1.165, 1.54) is 0 Å². The Labute approximate surface area is 94.4 Å². The number of carbonyl (C=O) groups excluding carboxylic acids is 1. The van der Waals surface area contributed by atoms with E-state index in [1.54, 1.807) is 4.90 Å². The van der Waals surface area contributed by atoms with Crippen LogP contribution in [0.2, 0.25) is 0 Å². The molecule has 16 heavy (non-hydrogen) atoms. The molecule has 1 unspecified atom stereocenters. The summed E-state index contributed by atoms with van der Waals surface area (Å²) in [7, 11) is 0. The third kappa shape index (κ3) is 1.86. The minimum Gasteiger partial charge on any atom is -0.481 e. The first kappa shape index (κ1) is 11.2. The molecule has 1 amide bonds. The van der Waals surface area contributed by atoms with E-state index in [4.69, 9.17) is 9.84 Å². The average molecular weight is 227 g/mol. The Hall–Kier alpha value is -1.26. The predicted molar refractivity (Wildman–Crippen MR) is 56.1 cm³/mol. The second-order valence-electron chi connectivity index (χ2n) is 4.90. The van der Waals surface area contributed by atoms with Crippen molar-refractivity contribution in [1.29, 1.82) is 0 Å². The Balaban J connectivity index is 2.05. The summed E-state index contributed by atoms with van der Waals surface area (Å²) >= 11 is 0. The predicted octanol–water partition coefficient (Wildman–Crippen LogP) is 1.61. The van der Waals surface area contributed by atoms with Crippen LogP contribution in [-0.2, 0) is 9.53 Å². The molecule has 1 saturated heterocycles. The van der Waals surface area contributed by atoms with E-state index in [0.29, 0.717) is 13.0 Å². The topological polar surface area (TPSA) is 66.8 Å². The number of carbonyl (C=O) groups is 2. The summed E-state index contributed by atoms with van der Waals surface area (Å²) < 4.78 is 5.06. The highest BCUT2D eigenvalue weighted by Crippen LogP contribution is 2.37. The van der Waals surface area contributed by atoms with Gasteiger partial charge in [-0.15, -0.1) is 0 Å². The van der Waals surface area contributed by atoms with Gasteiger partial charge in [0.1, 0.15) is 6.61 Å². The molecule has 1 heterocycles. The standard InChI is InChI=1S/C11H17NO4/c1-11(6-5-9(13)14)7-16-10(15)12(11)8-3-2-4-8/h8H,2-7H2,1H3,(H,13,14). The number of amides is 1. The number of nitrogens with zero attached hydrogens (tertiary/aromatic N) is 1. The molecule has 2 fully saturated rings. The lowest BCUT2D eigenvalue weighted by molar-refractivity contribution is -0.137. The second-order valence-corrected chi connectivity index (χ2v) is 4.90. The lowest BCUT2D eigenvalue weighted by Gasteiger charge is -2.42. The fourth-order valence-electron chi connectivity index (χ4n) is 2.38. The number of rotatable bonds is 4. The normalized spacial score (nSPS) is 30.1. The van der Waals surface area contributed by atoms with Gasteiger partial charge in [0, 0.05) is 12.5 Å². The van der Waals surface area contributed by atoms with Crippen molar-refractivity contribution in [2.45, 2.75) is 50.6 Å². The molecule has 0 aromatic rings. The minimum absolute atomic E-state index is 0.0797. The van der Waals surface area contributed by atoms with Gasteiger partial charge in [0.25, 0.3) is 0 Å². The molecular weight excluding hydrogens is 210 g/mol. The summed E-state index contributed by atoms with van der Waals surface area (Å²) in [6, 6.07) is 0.258. The highest BCUT2D eigenvalue weighted by atomic mass is 16.6. The Kier molecular flexibility index (Phi) is 2.78. The SMILES string of the molecule is CC1(CCC(=O)O)COC(=O)N1C1CCC1. The summed E-state index contributed by atoms with van der Waals surface area (Å²) in [5, 5.41) is 8.71. The third-order valence-corrected chi connectivity index (χ3v) is 3.60. The van der Waals surface area contributed by atoms with Crippen LogP contribution >= 0.6 is 0 Å². The van der Waals surface area contributed by atoms with Crippen molar-refractivity contribution in [2.75, 3.05) is 6.61 Å². The van der Waals surface area contributed by atoms with Crippen LogP contribution in [0, 0.1) is 0 Å². The van der Waals surface area contributed by atoms with Crippen molar-refractivity contribution in [3.8, 4) is 0 Å². The van der Waals surface area contributed by atoms with Crippen molar-refractivity contribution in [1.82, 2.24) is 4.90 Å². The van der Waals surface area contributed by atoms with Crippen LogP contribution in [0.1, 0.15) is 39.0 Å². The monoisotopic (exact) mass is 227 g/mol. The molecule has 0 spiro atoms. The molecule has 0 aromatic heterocycles. The molecule has 1 aliphatic carbocycles. The molecule has 1 aliphatic heterocycles. The van der Waals surface area contributed by atoms with E-state index < -0.39 is 11.5 Å². The van der Waals surface area contributed by atoms with Gasteiger partial charge < -0.3 is 9.84 Å². The van der Waals surface area contributed by atoms with E-state index in [1.807, 2.05) is 6.92 Å². The van der Waals surface area contributed by atoms with Gasteiger partial charge in [-0.25, -0.2) is 4.79 Å². The van der Waals surface area contributed by atoms with Gasteiger partial charge >= 0.3 is 12.1 Å². The van der Waals surface area contributed by atoms with Crippen molar-refractivity contribution < 1.29 is 19.4 Å². The van der Waals surface area contributed by atoms with Gasteiger partial charge in [-0.05, 0) is 32.6 Å². The number of hydrogen-bond acceptors (Lipinski definition) is 3. The van der Waals surface area contributed by atoms with Gasteiger partial charge in [-0.3, -0.25) is 9.69 Å². The summed E-state index contributed by atoms with van der Waals surface area (Å²) in [5.74, 6) is -0.825. The van der Waals surface area contributed by atoms with Gasteiger partial charge in [-0.1, -0.05) is 0 Å². The first-order valence-corrected chi connectivity index (χ1v) is 5.71. The van der Waals surface area contributed by atoms with E-state index in [-0.39, 0.29) is 18.6 Å². The highest BCUT2D eigenvalue weighted by Gasteiger charge is 2.48. The Morgan fingerprint density at radius 2 is 2.31 bits per heavy atom. The highest BCUT2D eigenvalue weighted by molar-refractivity contribution is 5.72. The number of ether oxygens (including phenoxy) is 1. The maximum Gasteiger partial charge on any atom is 0.410 e. The molecule has 0 aromatic carbocycles. The number of carboxylic acid groups (broad SMARTS) is 1. The summed E-state index contributed by atoms with van der Waals surface area (Å²) in [4.78, 5) is 24.0. The minimum atomic E-state index is -0.825. The molecule has 5 heteroatoms. The molecule has 2 rings (SSSR count). The zero-order chi connectivity index (χ0) is 11.8. The van der Waals surface area contributed by atoms with E-state index in [0.717, 1.165) is 19.3 Å². The smallest absolute Gasteiger partial charge is 0.410 e. The summed E-state index contributed by atoms with van der Waals surface area (Å²) in [6.07, 6.45) is 3.43. The maximum absolute atomic E-state index is 11.6. The fraction of sp³-hybridized carbons (Fsp3) is 0.818. The Morgan fingerprint density at radius 3 is 2.81 bits per heavy atom.